The van der Waals surface area contributed by atoms with Crippen LogP contribution >= 0.6 is 0 Å². The van der Waals surface area contributed by atoms with Crippen molar-refractivity contribution in [3.8, 4) is 0 Å². The van der Waals surface area contributed by atoms with E-state index in [1.807, 2.05) is 4.90 Å². The molecule has 2 atom stereocenters. The lowest BCUT2D eigenvalue weighted by Crippen LogP contribution is -2.50. The van der Waals surface area contributed by atoms with Crippen LogP contribution in [0.1, 0.15) is 12.8 Å². The molecular formula is C15H25N3O3. The second-order valence-electron chi connectivity index (χ2n) is 5.79. The Morgan fingerprint density at radius 3 is 2.52 bits per heavy atom. The van der Waals surface area contributed by atoms with Gasteiger partial charge in [-0.1, -0.05) is 12.2 Å². The van der Waals surface area contributed by atoms with E-state index in [0.717, 1.165) is 39.0 Å². The minimum atomic E-state index is -0.435. The highest BCUT2D eigenvalue weighted by atomic mass is 16.5. The lowest BCUT2D eigenvalue weighted by molar-refractivity contribution is -0.139. The third-order valence-electron chi connectivity index (χ3n) is 4.33. The SMILES string of the molecule is CNC(=O)OCC1CC=CCC1C(=O)N1CCN(C)CC1. The third kappa shape index (κ3) is 4.20. The molecule has 118 valence electrons. The maximum absolute atomic E-state index is 12.7. The van der Waals surface area contributed by atoms with Crippen LogP contribution in [-0.2, 0) is 9.53 Å². The van der Waals surface area contributed by atoms with E-state index >= 15 is 0 Å². The molecule has 0 bridgehead atoms. The Bertz CT molecular complexity index is 403. The van der Waals surface area contributed by atoms with E-state index in [0.29, 0.717) is 6.61 Å². The molecule has 1 fully saturated rings. The summed E-state index contributed by atoms with van der Waals surface area (Å²) in [4.78, 5) is 28.1. The van der Waals surface area contributed by atoms with Gasteiger partial charge in [-0.2, -0.15) is 0 Å². The number of amides is 2. The lowest BCUT2D eigenvalue weighted by Gasteiger charge is -2.37. The van der Waals surface area contributed by atoms with Crippen LogP contribution in [0.25, 0.3) is 0 Å². The zero-order valence-corrected chi connectivity index (χ0v) is 12.9. The Kier molecular flexibility index (Phi) is 5.61. The second-order valence-corrected chi connectivity index (χ2v) is 5.79. The van der Waals surface area contributed by atoms with Crippen molar-refractivity contribution in [3.05, 3.63) is 12.2 Å². The number of carbonyl (C=O) groups is 2. The van der Waals surface area contributed by atoms with Crippen molar-refractivity contribution in [2.24, 2.45) is 11.8 Å². The van der Waals surface area contributed by atoms with Gasteiger partial charge in [0.15, 0.2) is 0 Å². The molecule has 2 amide bonds. The van der Waals surface area contributed by atoms with Crippen molar-refractivity contribution >= 4 is 12.0 Å². The highest BCUT2D eigenvalue weighted by Gasteiger charge is 2.33. The molecule has 2 unspecified atom stereocenters. The molecule has 1 N–H and O–H groups in total. The summed E-state index contributed by atoms with van der Waals surface area (Å²) in [6.45, 7) is 3.73. The first-order valence-corrected chi connectivity index (χ1v) is 7.58. The van der Waals surface area contributed by atoms with Gasteiger partial charge in [-0.25, -0.2) is 4.79 Å². The lowest BCUT2D eigenvalue weighted by atomic mass is 9.82. The number of nitrogens with one attached hydrogen (secondary N) is 1. The van der Waals surface area contributed by atoms with Gasteiger partial charge in [-0.05, 0) is 19.9 Å². The Morgan fingerprint density at radius 2 is 1.86 bits per heavy atom. The van der Waals surface area contributed by atoms with Gasteiger partial charge >= 0.3 is 6.09 Å². The predicted molar refractivity (Wildman–Crippen MR) is 79.8 cm³/mol. The molecule has 1 heterocycles. The molecule has 1 aliphatic carbocycles. The number of likely N-dealkylation sites (N-methyl/N-ethyl adjacent to an activating group) is 1. The number of hydrogen-bond acceptors (Lipinski definition) is 4. The molecule has 1 saturated heterocycles. The standard InChI is InChI=1S/C15H25N3O3/c1-16-15(20)21-11-12-5-3-4-6-13(12)14(19)18-9-7-17(2)8-10-18/h3-4,12-13H,5-11H2,1-2H3,(H,16,20). The predicted octanol–water partition coefficient (Wildman–Crippen LogP) is 0.699. The summed E-state index contributed by atoms with van der Waals surface area (Å²) in [5.41, 5.74) is 0. The summed E-state index contributed by atoms with van der Waals surface area (Å²) < 4.78 is 5.15. The van der Waals surface area contributed by atoms with Crippen molar-refractivity contribution in [1.82, 2.24) is 15.1 Å². The molecule has 21 heavy (non-hydrogen) atoms. The highest BCUT2D eigenvalue weighted by molar-refractivity contribution is 5.79. The number of ether oxygens (including phenoxy) is 1. The molecule has 0 aromatic carbocycles. The molecule has 0 radical (unpaired) electrons. The average molecular weight is 295 g/mol. The number of rotatable bonds is 3. The summed E-state index contributed by atoms with van der Waals surface area (Å²) in [5.74, 6) is 0.223. The normalized spacial score (nSPS) is 26.5. The van der Waals surface area contributed by atoms with Crippen LogP contribution in [0.5, 0.6) is 0 Å². The van der Waals surface area contributed by atoms with E-state index in [-0.39, 0.29) is 17.7 Å². The molecule has 1 aliphatic heterocycles. The fourth-order valence-corrected chi connectivity index (χ4v) is 2.87. The molecule has 6 heteroatoms. The summed E-state index contributed by atoms with van der Waals surface area (Å²) >= 11 is 0. The van der Waals surface area contributed by atoms with Gasteiger partial charge in [-0.15, -0.1) is 0 Å². The van der Waals surface area contributed by atoms with Gasteiger partial charge in [-0.3, -0.25) is 4.79 Å². The molecule has 6 nitrogen and oxygen atoms in total. The van der Waals surface area contributed by atoms with Crippen LogP contribution in [0.3, 0.4) is 0 Å². The van der Waals surface area contributed by atoms with Gasteiger partial charge in [0.25, 0.3) is 0 Å². The van der Waals surface area contributed by atoms with Crippen LogP contribution in [-0.4, -0.2) is 68.7 Å². The van der Waals surface area contributed by atoms with Crippen molar-refractivity contribution in [2.75, 3.05) is 46.9 Å². The second kappa shape index (κ2) is 7.45. The summed E-state index contributed by atoms with van der Waals surface area (Å²) in [6.07, 6.45) is 5.24. The zero-order valence-electron chi connectivity index (χ0n) is 12.9. The number of alkyl carbamates (subject to hydrolysis) is 1. The maximum Gasteiger partial charge on any atom is 0.406 e. The van der Waals surface area contributed by atoms with Crippen molar-refractivity contribution in [1.29, 1.82) is 0 Å². The first-order valence-electron chi connectivity index (χ1n) is 7.58. The maximum atomic E-state index is 12.7. The largest absolute Gasteiger partial charge is 0.449 e. The highest BCUT2D eigenvalue weighted by Crippen LogP contribution is 2.28. The first kappa shape index (κ1) is 15.8. The smallest absolute Gasteiger partial charge is 0.406 e. The van der Waals surface area contributed by atoms with E-state index in [2.05, 4.69) is 29.4 Å². The van der Waals surface area contributed by atoms with Crippen LogP contribution in [0.4, 0.5) is 4.79 Å². The summed E-state index contributed by atoms with van der Waals surface area (Å²) in [6, 6.07) is 0. The molecular weight excluding hydrogens is 270 g/mol. The molecule has 0 aromatic rings. The van der Waals surface area contributed by atoms with Crippen molar-refractivity contribution in [3.63, 3.8) is 0 Å². The zero-order chi connectivity index (χ0) is 15.2. The summed E-state index contributed by atoms with van der Waals surface area (Å²) in [7, 11) is 3.61. The molecule has 0 spiro atoms. The fourth-order valence-electron chi connectivity index (χ4n) is 2.87. The van der Waals surface area contributed by atoms with Crippen LogP contribution in [0, 0.1) is 11.8 Å². The van der Waals surface area contributed by atoms with Gasteiger partial charge in [0.2, 0.25) is 5.91 Å². The quantitative estimate of drug-likeness (QED) is 0.779. The van der Waals surface area contributed by atoms with E-state index < -0.39 is 6.09 Å². The minimum Gasteiger partial charge on any atom is -0.449 e. The molecule has 0 aromatic heterocycles. The number of carbonyl (C=O) groups excluding carboxylic acids is 2. The number of allylic oxidation sites excluding steroid dienone is 2. The Morgan fingerprint density at radius 1 is 1.19 bits per heavy atom. The molecule has 0 saturated carbocycles. The van der Waals surface area contributed by atoms with E-state index in [9.17, 15) is 9.59 Å². The van der Waals surface area contributed by atoms with Crippen molar-refractivity contribution in [2.45, 2.75) is 12.8 Å². The molecule has 2 rings (SSSR count). The Hall–Kier alpha value is -1.56. The minimum absolute atomic E-state index is 0.0666. The number of hydrogen-bond donors (Lipinski definition) is 1. The first-order chi connectivity index (χ1) is 10.1. The van der Waals surface area contributed by atoms with Crippen LogP contribution in [0.15, 0.2) is 12.2 Å². The van der Waals surface area contributed by atoms with Crippen molar-refractivity contribution < 1.29 is 14.3 Å². The van der Waals surface area contributed by atoms with Gasteiger partial charge in [0.05, 0.1) is 6.61 Å². The summed E-state index contributed by atoms with van der Waals surface area (Å²) in [5, 5.41) is 2.44. The number of nitrogens with zero attached hydrogens (tertiary/aromatic N) is 2. The van der Waals surface area contributed by atoms with Gasteiger partial charge in [0, 0.05) is 45.1 Å². The monoisotopic (exact) mass is 295 g/mol. The third-order valence-corrected chi connectivity index (χ3v) is 4.33. The molecule has 2 aliphatic rings. The Labute approximate surface area is 126 Å². The van der Waals surface area contributed by atoms with Crippen LogP contribution < -0.4 is 5.32 Å². The fraction of sp³-hybridized carbons (Fsp3) is 0.733. The number of piperazine rings is 1. The van der Waals surface area contributed by atoms with Gasteiger partial charge < -0.3 is 19.9 Å². The van der Waals surface area contributed by atoms with E-state index in [1.54, 1.807) is 0 Å². The topological polar surface area (TPSA) is 61.9 Å². The van der Waals surface area contributed by atoms with Crippen LogP contribution in [0.2, 0.25) is 0 Å². The van der Waals surface area contributed by atoms with Gasteiger partial charge in [0.1, 0.15) is 0 Å². The van der Waals surface area contributed by atoms with E-state index in [4.69, 9.17) is 4.74 Å². The average Bonchev–Trinajstić information content (AvgIpc) is 2.53. The Balaban J connectivity index is 1.93. The van der Waals surface area contributed by atoms with E-state index in [1.165, 1.54) is 7.05 Å².